The van der Waals surface area contributed by atoms with E-state index in [-0.39, 0.29) is 30.7 Å². The van der Waals surface area contributed by atoms with E-state index >= 15 is 0 Å². The Labute approximate surface area is 158 Å². The summed E-state index contributed by atoms with van der Waals surface area (Å²) >= 11 is 6.42. The van der Waals surface area contributed by atoms with Gasteiger partial charge in [0.05, 0.1) is 13.1 Å². The van der Waals surface area contributed by atoms with Gasteiger partial charge in [-0.05, 0) is 25.3 Å². The smallest absolute Gasteiger partial charge is 0.237 e. The fraction of sp³-hybridized carbons (Fsp3) is 0.526. The highest BCUT2D eigenvalue weighted by Gasteiger charge is 2.48. The summed E-state index contributed by atoms with van der Waals surface area (Å²) in [4.78, 5) is 41.0. The third-order valence-corrected chi connectivity index (χ3v) is 5.73. The number of halogens is 1. The third kappa shape index (κ3) is 3.48. The Morgan fingerprint density at radius 1 is 1.31 bits per heavy atom. The first-order valence-electron chi connectivity index (χ1n) is 8.99. The number of hydrogen-bond donors (Lipinski definition) is 1. The first-order valence-corrected chi connectivity index (χ1v) is 9.37. The van der Waals surface area contributed by atoms with E-state index in [4.69, 9.17) is 11.6 Å². The molecule has 1 saturated heterocycles. The number of hydrogen-bond acceptors (Lipinski definition) is 4. The number of likely N-dealkylation sites (N-methyl/N-ethyl adjacent to an activating group) is 1. The molecule has 0 spiro atoms. The van der Waals surface area contributed by atoms with Crippen LogP contribution in [0.2, 0.25) is 5.02 Å². The van der Waals surface area contributed by atoms with E-state index in [1.54, 1.807) is 18.0 Å². The number of benzene rings is 1. The van der Waals surface area contributed by atoms with Crippen molar-refractivity contribution < 1.29 is 14.4 Å². The van der Waals surface area contributed by atoms with Gasteiger partial charge in [0.1, 0.15) is 5.54 Å². The Morgan fingerprint density at radius 2 is 2.08 bits per heavy atom. The number of ketones is 1. The summed E-state index contributed by atoms with van der Waals surface area (Å²) in [5.74, 6) is -0.222. The predicted octanol–water partition coefficient (Wildman–Crippen LogP) is 1.57. The van der Waals surface area contributed by atoms with E-state index in [1.807, 2.05) is 23.1 Å². The van der Waals surface area contributed by atoms with Crippen LogP contribution in [0.5, 0.6) is 0 Å². The molecule has 3 rings (SSSR count). The van der Waals surface area contributed by atoms with Crippen LogP contribution in [0.4, 0.5) is 0 Å². The Hall–Kier alpha value is -1.92. The molecule has 1 aliphatic heterocycles. The van der Waals surface area contributed by atoms with Gasteiger partial charge in [0.15, 0.2) is 5.78 Å². The van der Waals surface area contributed by atoms with Gasteiger partial charge in [-0.1, -0.05) is 29.8 Å². The Balaban J connectivity index is 1.89. The molecule has 1 saturated carbocycles. The highest BCUT2D eigenvalue weighted by atomic mass is 35.5. The van der Waals surface area contributed by atoms with Crippen molar-refractivity contribution in [3.05, 3.63) is 34.9 Å². The summed E-state index contributed by atoms with van der Waals surface area (Å²) in [5, 5.41) is 3.25. The van der Waals surface area contributed by atoms with Gasteiger partial charge in [-0.25, -0.2) is 0 Å². The van der Waals surface area contributed by atoms with Crippen molar-refractivity contribution in [2.24, 2.45) is 0 Å². The van der Waals surface area contributed by atoms with E-state index in [0.717, 1.165) is 12.8 Å². The minimum atomic E-state index is -1.02. The number of piperazine rings is 1. The standard InChI is InChI=1S/C19H24ClN3O3/c1-22(18(26)13-23-11-10-21-17(25)12-23)19(9-5-4-8-16(19)24)14-6-2-3-7-15(14)20/h2-3,6-7H,4-5,8-13H2,1H3,(H,21,25). The van der Waals surface area contributed by atoms with E-state index in [2.05, 4.69) is 5.32 Å². The van der Waals surface area contributed by atoms with Crippen LogP contribution in [-0.2, 0) is 19.9 Å². The van der Waals surface area contributed by atoms with Crippen molar-refractivity contribution in [3.8, 4) is 0 Å². The molecule has 1 N–H and O–H groups in total. The average Bonchev–Trinajstić information content (AvgIpc) is 2.62. The lowest BCUT2D eigenvalue weighted by atomic mass is 9.74. The van der Waals surface area contributed by atoms with Crippen LogP contribution >= 0.6 is 11.6 Å². The quantitative estimate of drug-likeness (QED) is 0.864. The van der Waals surface area contributed by atoms with Crippen LogP contribution in [0.15, 0.2) is 24.3 Å². The number of nitrogens with one attached hydrogen (secondary N) is 1. The van der Waals surface area contributed by atoms with Crippen LogP contribution in [0.1, 0.15) is 31.2 Å². The molecule has 2 aliphatic rings. The zero-order chi connectivity index (χ0) is 18.7. The SMILES string of the molecule is CN(C(=O)CN1CCNC(=O)C1)C1(c2ccccc2Cl)CCCCC1=O. The van der Waals surface area contributed by atoms with Crippen LogP contribution in [0.3, 0.4) is 0 Å². The van der Waals surface area contributed by atoms with E-state index < -0.39 is 5.54 Å². The fourth-order valence-corrected chi connectivity index (χ4v) is 4.26. The first-order chi connectivity index (χ1) is 12.4. The number of Topliss-reactive ketones (excluding diaryl/α,β-unsaturated/α-hetero) is 1. The van der Waals surface area contributed by atoms with Gasteiger partial charge in [-0.2, -0.15) is 0 Å². The topological polar surface area (TPSA) is 69.7 Å². The monoisotopic (exact) mass is 377 g/mol. The Kier molecular flexibility index (Phi) is 5.63. The van der Waals surface area contributed by atoms with Crippen molar-refractivity contribution in [3.63, 3.8) is 0 Å². The molecule has 7 heteroatoms. The number of carbonyl (C=O) groups is 3. The van der Waals surface area contributed by atoms with Gasteiger partial charge in [0.25, 0.3) is 0 Å². The van der Waals surface area contributed by atoms with Crippen molar-refractivity contribution >= 4 is 29.2 Å². The average molecular weight is 378 g/mol. The number of amides is 2. The molecular formula is C19H24ClN3O3. The van der Waals surface area contributed by atoms with Crippen molar-refractivity contribution in [2.45, 2.75) is 31.2 Å². The molecule has 0 radical (unpaired) electrons. The minimum absolute atomic E-state index is 0.0316. The van der Waals surface area contributed by atoms with Crippen LogP contribution in [0, 0.1) is 0 Å². The molecule has 1 aromatic carbocycles. The lowest BCUT2D eigenvalue weighted by Gasteiger charge is -2.44. The fourth-order valence-electron chi connectivity index (χ4n) is 3.97. The molecule has 140 valence electrons. The second-order valence-corrected chi connectivity index (χ2v) is 7.39. The molecule has 1 aliphatic carbocycles. The van der Waals surface area contributed by atoms with Gasteiger partial charge in [-0.15, -0.1) is 0 Å². The Morgan fingerprint density at radius 3 is 2.77 bits per heavy atom. The van der Waals surface area contributed by atoms with Crippen LogP contribution in [-0.4, -0.2) is 60.6 Å². The molecule has 1 unspecified atom stereocenters. The minimum Gasteiger partial charge on any atom is -0.354 e. The zero-order valence-corrected chi connectivity index (χ0v) is 15.7. The predicted molar refractivity (Wildman–Crippen MR) is 98.8 cm³/mol. The summed E-state index contributed by atoms with van der Waals surface area (Å²) in [6, 6.07) is 7.26. The Bertz CT molecular complexity index is 724. The van der Waals surface area contributed by atoms with Crippen molar-refractivity contribution in [1.82, 2.24) is 15.1 Å². The van der Waals surface area contributed by atoms with Crippen LogP contribution in [0.25, 0.3) is 0 Å². The van der Waals surface area contributed by atoms with E-state index in [0.29, 0.717) is 36.5 Å². The maximum atomic E-state index is 13.0. The maximum Gasteiger partial charge on any atom is 0.237 e. The lowest BCUT2D eigenvalue weighted by Crippen LogP contribution is -2.57. The maximum absolute atomic E-state index is 13.0. The zero-order valence-electron chi connectivity index (χ0n) is 15.0. The van der Waals surface area contributed by atoms with Gasteiger partial charge in [0, 0.05) is 37.1 Å². The second-order valence-electron chi connectivity index (χ2n) is 6.98. The summed E-state index contributed by atoms with van der Waals surface area (Å²) in [6.07, 6.45) is 2.70. The number of rotatable bonds is 4. The van der Waals surface area contributed by atoms with Gasteiger partial charge < -0.3 is 10.2 Å². The molecule has 1 aromatic rings. The molecule has 2 fully saturated rings. The normalized spacial score (nSPS) is 24.2. The molecule has 0 aromatic heterocycles. The van der Waals surface area contributed by atoms with Gasteiger partial charge in [-0.3, -0.25) is 19.3 Å². The molecule has 26 heavy (non-hydrogen) atoms. The lowest BCUT2D eigenvalue weighted by molar-refractivity contribution is -0.149. The second kappa shape index (κ2) is 7.76. The summed E-state index contributed by atoms with van der Waals surface area (Å²) < 4.78 is 0. The molecule has 1 atom stereocenters. The van der Waals surface area contributed by atoms with Gasteiger partial charge in [0.2, 0.25) is 11.8 Å². The summed E-state index contributed by atoms with van der Waals surface area (Å²) in [5.41, 5.74) is -0.329. The molecule has 1 heterocycles. The summed E-state index contributed by atoms with van der Waals surface area (Å²) in [7, 11) is 1.68. The molecule has 6 nitrogen and oxygen atoms in total. The van der Waals surface area contributed by atoms with Crippen molar-refractivity contribution in [1.29, 1.82) is 0 Å². The largest absolute Gasteiger partial charge is 0.354 e. The molecule has 0 bridgehead atoms. The van der Waals surface area contributed by atoms with E-state index in [9.17, 15) is 14.4 Å². The third-order valence-electron chi connectivity index (χ3n) is 5.40. The van der Waals surface area contributed by atoms with Crippen molar-refractivity contribution in [2.75, 3.05) is 33.2 Å². The number of nitrogens with zero attached hydrogens (tertiary/aromatic N) is 2. The first kappa shape index (κ1) is 18.9. The highest BCUT2D eigenvalue weighted by molar-refractivity contribution is 6.31. The number of carbonyl (C=O) groups excluding carboxylic acids is 3. The summed E-state index contributed by atoms with van der Waals surface area (Å²) in [6.45, 7) is 1.47. The molecule has 2 amide bonds. The highest BCUT2D eigenvalue weighted by Crippen LogP contribution is 2.42. The van der Waals surface area contributed by atoms with Gasteiger partial charge >= 0.3 is 0 Å². The van der Waals surface area contributed by atoms with Crippen LogP contribution < -0.4 is 5.32 Å². The van der Waals surface area contributed by atoms with E-state index in [1.165, 1.54) is 0 Å². The molecular weight excluding hydrogens is 354 g/mol.